The first-order valence-corrected chi connectivity index (χ1v) is 9.39. The number of benzene rings is 2. The van der Waals surface area contributed by atoms with Gasteiger partial charge in [-0.2, -0.15) is 0 Å². The molecule has 3 aromatic rings. The number of fused-ring (bicyclic) bond motifs is 1. The molecule has 0 saturated carbocycles. The quantitative estimate of drug-likeness (QED) is 0.643. The van der Waals surface area contributed by atoms with Gasteiger partial charge in [0.15, 0.2) is 0 Å². The Hall–Kier alpha value is -2.26. The molecule has 1 N–H and O–H groups in total. The Morgan fingerprint density at radius 2 is 1.81 bits per heavy atom. The highest BCUT2D eigenvalue weighted by Gasteiger charge is 2.22. The summed E-state index contributed by atoms with van der Waals surface area (Å²) in [6.07, 6.45) is 2.56. The van der Waals surface area contributed by atoms with Gasteiger partial charge in [0.05, 0.1) is 0 Å². The van der Waals surface area contributed by atoms with Crippen molar-refractivity contribution in [1.29, 1.82) is 0 Å². The van der Waals surface area contributed by atoms with Gasteiger partial charge in [0.1, 0.15) is 0 Å². The van der Waals surface area contributed by atoms with E-state index in [2.05, 4.69) is 42.1 Å². The molecule has 0 radical (unpaired) electrons. The fraction of sp³-hybridized carbons (Fsp3) is 0.318. The molecular formula is C22H25ClN2O. The fourth-order valence-electron chi connectivity index (χ4n) is 3.33. The first kappa shape index (κ1) is 18.5. The highest BCUT2D eigenvalue weighted by atomic mass is 35.5. The second-order valence-electron chi connectivity index (χ2n) is 7.22. The number of aryl methyl sites for hydroxylation is 1. The monoisotopic (exact) mass is 368 g/mol. The summed E-state index contributed by atoms with van der Waals surface area (Å²) in [7, 11) is 2.05. The van der Waals surface area contributed by atoms with Crippen LogP contribution < -0.4 is 5.32 Å². The SMILES string of the molecule is CC(C)CNC(=O)CC(c1ccc(Cl)cc1)c1cn(C)c2ccccc12. The van der Waals surface area contributed by atoms with E-state index >= 15 is 0 Å². The third-order valence-electron chi connectivity index (χ3n) is 4.67. The molecule has 1 atom stereocenters. The maximum absolute atomic E-state index is 12.6. The average molecular weight is 369 g/mol. The van der Waals surface area contributed by atoms with Crippen LogP contribution in [0, 0.1) is 5.92 Å². The van der Waals surface area contributed by atoms with Gasteiger partial charge in [-0.05, 0) is 35.2 Å². The van der Waals surface area contributed by atoms with Gasteiger partial charge < -0.3 is 9.88 Å². The van der Waals surface area contributed by atoms with Crippen LogP contribution in [-0.4, -0.2) is 17.0 Å². The maximum Gasteiger partial charge on any atom is 0.220 e. The van der Waals surface area contributed by atoms with Crippen LogP contribution in [0.15, 0.2) is 54.7 Å². The normalized spacial score (nSPS) is 12.5. The van der Waals surface area contributed by atoms with Crippen LogP contribution in [0.25, 0.3) is 10.9 Å². The van der Waals surface area contributed by atoms with Gasteiger partial charge in [-0.15, -0.1) is 0 Å². The molecule has 1 heterocycles. The predicted molar refractivity (Wildman–Crippen MR) is 109 cm³/mol. The minimum absolute atomic E-state index is 0.00877. The summed E-state index contributed by atoms with van der Waals surface area (Å²) in [6.45, 7) is 4.89. The summed E-state index contributed by atoms with van der Waals surface area (Å²) in [5.74, 6) is 0.502. The Morgan fingerprint density at radius 3 is 2.50 bits per heavy atom. The Morgan fingerprint density at radius 1 is 1.12 bits per heavy atom. The summed E-state index contributed by atoms with van der Waals surface area (Å²) in [6, 6.07) is 16.1. The van der Waals surface area contributed by atoms with E-state index < -0.39 is 0 Å². The van der Waals surface area contributed by atoms with Crippen molar-refractivity contribution in [3.05, 3.63) is 70.9 Å². The zero-order valence-electron chi connectivity index (χ0n) is 15.5. The van der Waals surface area contributed by atoms with Crippen molar-refractivity contribution < 1.29 is 4.79 Å². The summed E-state index contributed by atoms with van der Waals surface area (Å²) >= 11 is 6.07. The predicted octanol–water partition coefficient (Wildman–Crippen LogP) is 5.13. The van der Waals surface area contributed by atoms with Crippen molar-refractivity contribution in [3.8, 4) is 0 Å². The first-order chi connectivity index (χ1) is 12.5. The Kier molecular flexibility index (Phi) is 5.67. The van der Waals surface area contributed by atoms with Gasteiger partial charge in [-0.25, -0.2) is 0 Å². The van der Waals surface area contributed by atoms with E-state index in [0.29, 0.717) is 23.9 Å². The molecule has 3 rings (SSSR count). The summed E-state index contributed by atoms with van der Waals surface area (Å²) in [5.41, 5.74) is 3.44. The van der Waals surface area contributed by atoms with Crippen LogP contribution in [-0.2, 0) is 11.8 Å². The standard InChI is InChI=1S/C22H25ClN2O/c1-15(2)13-24-22(26)12-19(16-8-10-17(23)11-9-16)20-14-25(3)21-7-5-4-6-18(20)21/h4-11,14-15,19H,12-13H2,1-3H3,(H,24,26). The third-order valence-corrected chi connectivity index (χ3v) is 4.92. The topological polar surface area (TPSA) is 34.0 Å². The number of aromatic nitrogens is 1. The number of halogens is 1. The highest BCUT2D eigenvalue weighted by Crippen LogP contribution is 2.34. The molecule has 2 aromatic carbocycles. The van der Waals surface area contributed by atoms with Gasteiger partial charge >= 0.3 is 0 Å². The van der Waals surface area contributed by atoms with Crippen LogP contribution in [0.5, 0.6) is 0 Å². The van der Waals surface area contributed by atoms with Crippen LogP contribution in [0.3, 0.4) is 0 Å². The van der Waals surface area contributed by atoms with E-state index in [1.165, 1.54) is 16.5 Å². The third kappa shape index (κ3) is 4.10. The zero-order valence-corrected chi connectivity index (χ0v) is 16.3. The Bertz CT molecular complexity index is 896. The Balaban J connectivity index is 1.99. The van der Waals surface area contributed by atoms with Crippen molar-refractivity contribution in [3.63, 3.8) is 0 Å². The molecule has 0 aliphatic heterocycles. The van der Waals surface area contributed by atoms with Gasteiger partial charge in [0.2, 0.25) is 5.91 Å². The van der Waals surface area contributed by atoms with Gasteiger partial charge in [-0.3, -0.25) is 4.79 Å². The number of para-hydroxylation sites is 1. The van der Waals surface area contributed by atoms with E-state index in [1.54, 1.807) is 0 Å². The van der Waals surface area contributed by atoms with Crippen molar-refractivity contribution in [1.82, 2.24) is 9.88 Å². The molecule has 3 nitrogen and oxygen atoms in total. The van der Waals surface area contributed by atoms with E-state index in [0.717, 1.165) is 5.56 Å². The summed E-state index contributed by atoms with van der Waals surface area (Å²) < 4.78 is 2.12. The average Bonchev–Trinajstić information content (AvgIpc) is 2.96. The number of amides is 1. The molecule has 0 fully saturated rings. The second-order valence-corrected chi connectivity index (χ2v) is 7.66. The molecule has 0 aliphatic carbocycles. The van der Waals surface area contributed by atoms with Crippen LogP contribution in [0.1, 0.15) is 37.3 Å². The van der Waals surface area contributed by atoms with Crippen LogP contribution in [0.2, 0.25) is 5.02 Å². The minimum Gasteiger partial charge on any atom is -0.356 e. The van der Waals surface area contributed by atoms with E-state index in [4.69, 9.17) is 11.6 Å². The summed E-state index contributed by atoms with van der Waals surface area (Å²) in [5, 5.41) is 4.94. The molecule has 0 bridgehead atoms. The van der Waals surface area contributed by atoms with Gasteiger partial charge in [-0.1, -0.05) is 55.8 Å². The van der Waals surface area contributed by atoms with Crippen molar-refractivity contribution in [2.24, 2.45) is 13.0 Å². The van der Waals surface area contributed by atoms with E-state index in [-0.39, 0.29) is 11.8 Å². The molecule has 0 spiro atoms. The molecule has 136 valence electrons. The molecule has 26 heavy (non-hydrogen) atoms. The van der Waals surface area contributed by atoms with Crippen molar-refractivity contribution >= 4 is 28.4 Å². The number of rotatable bonds is 6. The maximum atomic E-state index is 12.6. The number of hydrogen-bond donors (Lipinski definition) is 1. The van der Waals surface area contributed by atoms with E-state index in [9.17, 15) is 4.79 Å². The van der Waals surface area contributed by atoms with Gasteiger partial charge in [0.25, 0.3) is 0 Å². The van der Waals surface area contributed by atoms with Crippen LogP contribution in [0.4, 0.5) is 0 Å². The molecule has 1 unspecified atom stereocenters. The highest BCUT2D eigenvalue weighted by molar-refractivity contribution is 6.30. The number of nitrogens with one attached hydrogen (secondary N) is 1. The lowest BCUT2D eigenvalue weighted by atomic mass is 9.88. The van der Waals surface area contributed by atoms with Crippen molar-refractivity contribution in [2.75, 3.05) is 6.54 Å². The van der Waals surface area contributed by atoms with E-state index in [1.807, 2.05) is 43.4 Å². The first-order valence-electron chi connectivity index (χ1n) is 9.02. The smallest absolute Gasteiger partial charge is 0.220 e. The second kappa shape index (κ2) is 7.96. The largest absolute Gasteiger partial charge is 0.356 e. The van der Waals surface area contributed by atoms with Gasteiger partial charge in [0, 0.05) is 48.1 Å². The molecular weight excluding hydrogens is 344 g/mol. The lowest BCUT2D eigenvalue weighted by molar-refractivity contribution is -0.121. The number of nitrogens with zero attached hydrogens (tertiary/aromatic N) is 1. The van der Waals surface area contributed by atoms with Crippen LogP contribution >= 0.6 is 11.6 Å². The number of carbonyl (C=O) groups is 1. The molecule has 0 aliphatic rings. The number of hydrogen-bond acceptors (Lipinski definition) is 1. The molecule has 1 aromatic heterocycles. The lowest BCUT2D eigenvalue weighted by Crippen LogP contribution is -2.28. The lowest BCUT2D eigenvalue weighted by Gasteiger charge is -2.18. The van der Waals surface area contributed by atoms with Crippen molar-refractivity contribution in [2.45, 2.75) is 26.2 Å². The minimum atomic E-state index is -0.00877. The number of carbonyl (C=O) groups excluding carboxylic acids is 1. The summed E-state index contributed by atoms with van der Waals surface area (Å²) in [4.78, 5) is 12.6. The molecule has 1 amide bonds. The fourth-order valence-corrected chi connectivity index (χ4v) is 3.45. The molecule has 0 saturated heterocycles. The Labute approximate surface area is 160 Å². The zero-order chi connectivity index (χ0) is 18.7. The molecule has 4 heteroatoms.